The molecular weight excluding hydrogens is 256 g/mol. The zero-order valence-corrected chi connectivity index (χ0v) is 9.72. The maximum absolute atomic E-state index is 11.6. The topological polar surface area (TPSA) is 152 Å². The zero-order chi connectivity index (χ0) is 13.6. The van der Waals surface area contributed by atoms with Gasteiger partial charge in [0.2, 0.25) is 5.95 Å². The van der Waals surface area contributed by atoms with E-state index in [0.29, 0.717) is 0 Å². The van der Waals surface area contributed by atoms with E-state index in [0.717, 1.165) is 0 Å². The molecule has 1 aliphatic heterocycles. The summed E-state index contributed by atoms with van der Waals surface area (Å²) in [6.07, 6.45) is -1.93. The summed E-state index contributed by atoms with van der Waals surface area (Å²) in [4.78, 5) is 17.9. The molecule has 0 aromatic carbocycles. The lowest BCUT2D eigenvalue weighted by molar-refractivity contribution is -0.0476. The van der Waals surface area contributed by atoms with Crippen molar-refractivity contribution >= 4 is 17.1 Å². The number of aromatic nitrogens is 5. The maximum Gasteiger partial charge on any atom is 0.282 e. The number of aliphatic hydroxyl groups excluding tert-OH is 2. The van der Waals surface area contributed by atoms with Crippen LogP contribution in [0.25, 0.3) is 11.2 Å². The highest BCUT2D eigenvalue weighted by Crippen LogP contribution is 2.29. The van der Waals surface area contributed by atoms with Crippen molar-refractivity contribution in [3.05, 3.63) is 10.4 Å². The van der Waals surface area contributed by atoms with E-state index in [1.165, 1.54) is 4.68 Å². The number of nitrogen functional groups attached to an aromatic ring is 1. The van der Waals surface area contributed by atoms with Gasteiger partial charge in [-0.3, -0.25) is 9.78 Å². The molecule has 5 N–H and O–H groups in total. The molecule has 1 fully saturated rings. The van der Waals surface area contributed by atoms with E-state index < -0.39 is 24.0 Å². The first kappa shape index (κ1) is 12.0. The van der Waals surface area contributed by atoms with Crippen LogP contribution in [-0.2, 0) is 4.74 Å². The first-order valence-electron chi connectivity index (χ1n) is 5.65. The Morgan fingerprint density at radius 2 is 2.37 bits per heavy atom. The molecule has 0 spiro atoms. The van der Waals surface area contributed by atoms with E-state index in [-0.39, 0.29) is 30.1 Å². The van der Waals surface area contributed by atoms with E-state index in [1.807, 2.05) is 0 Å². The third-order valence-electron chi connectivity index (χ3n) is 3.01. The second-order valence-corrected chi connectivity index (χ2v) is 4.27. The number of nitrogens with two attached hydrogens (primary N) is 1. The number of H-pyrrole nitrogens is 1. The van der Waals surface area contributed by atoms with Crippen molar-refractivity contribution in [3.8, 4) is 0 Å². The van der Waals surface area contributed by atoms with Gasteiger partial charge < -0.3 is 20.7 Å². The molecule has 10 heteroatoms. The zero-order valence-electron chi connectivity index (χ0n) is 9.72. The predicted molar refractivity (Wildman–Crippen MR) is 62.0 cm³/mol. The van der Waals surface area contributed by atoms with Gasteiger partial charge in [0.1, 0.15) is 6.10 Å². The van der Waals surface area contributed by atoms with Crippen LogP contribution in [0.4, 0.5) is 5.95 Å². The average molecular weight is 268 g/mol. The highest BCUT2D eigenvalue weighted by molar-refractivity contribution is 5.69. The van der Waals surface area contributed by atoms with E-state index in [1.54, 1.807) is 0 Å². The van der Waals surface area contributed by atoms with Gasteiger partial charge in [0, 0.05) is 6.42 Å². The van der Waals surface area contributed by atoms with Gasteiger partial charge in [-0.05, 0) is 0 Å². The van der Waals surface area contributed by atoms with Crippen molar-refractivity contribution in [3.63, 3.8) is 0 Å². The minimum Gasteiger partial charge on any atom is -0.394 e. The molecule has 0 unspecified atom stereocenters. The number of ether oxygens (including phenoxy) is 1. The minimum absolute atomic E-state index is 0.0414. The molecule has 0 bridgehead atoms. The highest BCUT2D eigenvalue weighted by atomic mass is 16.5. The van der Waals surface area contributed by atoms with Crippen molar-refractivity contribution in [1.29, 1.82) is 0 Å². The molecule has 3 atom stereocenters. The van der Waals surface area contributed by atoms with Crippen LogP contribution in [0.3, 0.4) is 0 Å². The molecular formula is C9H12N6O4. The van der Waals surface area contributed by atoms with Crippen molar-refractivity contribution in [2.24, 2.45) is 0 Å². The first-order chi connectivity index (χ1) is 9.10. The molecule has 19 heavy (non-hydrogen) atoms. The van der Waals surface area contributed by atoms with Crippen LogP contribution in [0.5, 0.6) is 0 Å². The second kappa shape index (κ2) is 4.26. The van der Waals surface area contributed by atoms with Crippen LogP contribution >= 0.6 is 0 Å². The third-order valence-corrected chi connectivity index (χ3v) is 3.01. The summed E-state index contributed by atoms with van der Waals surface area (Å²) in [5.74, 6) is -0.0571. The minimum atomic E-state index is -0.811. The Balaban J connectivity index is 2.05. The summed E-state index contributed by atoms with van der Waals surface area (Å²) in [5.41, 5.74) is 5.19. The number of hydrogen-bond acceptors (Lipinski definition) is 8. The molecule has 3 rings (SSSR count). The molecule has 1 aliphatic rings. The summed E-state index contributed by atoms with van der Waals surface area (Å²) in [6, 6.07) is 0. The summed E-state index contributed by atoms with van der Waals surface area (Å²) >= 11 is 0. The smallest absolute Gasteiger partial charge is 0.282 e. The Labute approximate surface area is 105 Å². The van der Waals surface area contributed by atoms with Gasteiger partial charge in [0.25, 0.3) is 5.56 Å². The fourth-order valence-corrected chi connectivity index (χ4v) is 2.08. The molecule has 0 radical (unpaired) electrons. The number of rotatable bonds is 2. The Kier molecular flexibility index (Phi) is 2.69. The summed E-state index contributed by atoms with van der Waals surface area (Å²) in [5, 5.41) is 26.2. The molecule has 102 valence electrons. The van der Waals surface area contributed by atoms with Crippen molar-refractivity contribution in [2.75, 3.05) is 12.3 Å². The van der Waals surface area contributed by atoms with E-state index in [9.17, 15) is 9.90 Å². The summed E-state index contributed by atoms with van der Waals surface area (Å²) < 4.78 is 6.70. The molecule has 2 aromatic rings. The number of anilines is 1. The number of nitrogens with zero attached hydrogens (tertiary/aromatic N) is 4. The molecule has 2 aromatic heterocycles. The van der Waals surface area contributed by atoms with Gasteiger partial charge in [-0.2, -0.15) is 9.67 Å². The van der Waals surface area contributed by atoms with E-state index in [2.05, 4.69) is 20.3 Å². The van der Waals surface area contributed by atoms with Crippen LogP contribution in [-0.4, -0.2) is 54.0 Å². The quantitative estimate of drug-likeness (QED) is 0.476. The summed E-state index contributed by atoms with van der Waals surface area (Å²) in [7, 11) is 0. The molecule has 1 saturated heterocycles. The maximum atomic E-state index is 11.6. The van der Waals surface area contributed by atoms with Crippen molar-refractivity contribution < 1.29 is 14.9 Å². The average Bonchev–Trinajstić information content (AvgIpc) is 2.92. The SMILES string of the molecule is Nc1nc2c(nnn2[C@@H]2C[C@@H](O)[C@H](CO)O2)c(=O)[nH]1. The largest absolute Gasteiger partial charge is 0.394 e. The van der Waals surface area contributed by atoms with Crippen LogP contribution in [0, 0.1) is 0 Å². The van der Waals surface area contributed by atoms with Gasteiger partial charge in [0.05, 0.1) is 12.7 Å². The van der Waals surface area contributed by atoms with E-state index >= 15 is 0 Å². The fourth-order valence-electron chi connectivity index (χ4n) is 2.08. The number of aromatic amines is 1. The predicted octanol–water partition coefficient (Wildman–Crippen LogP) is -2.26. The molecule has 0 aliphatic carbocycles. The molecule has 3 heterocycles. The number of hydrogen-bond donors (Lipinski definition) is 4. The van der Waals surface area contributed by atoms with Gasteiger partial charge in [-0.25, -0.2) is 0 Å². The lowest BCUT2D eigenvalue weighted by atomic mass is 10.2. The third kappa shape index (κ3) is 1.85. The van der Waals surface area contributed by atoms with Crippen LogP contribution in [0.2, 0.25) is 0 Å². The Morgan fingerprint density at radius 1 is 1.58 bits per heavy atom. The van der Waals surface area contributed by atoms with Crippen molar-refractivity contribution in [2.45, 2.75) is 24.9 Å². The summed E-state index contributed by atoms with van der Waals surface area (Å²) in [6.45, 7) is -0.305. The molecule has 10 nitrogen and oxygen atoms in total. The molecule has 0 amide bonds. The van der Waals surface area contributed by atoms with Gasteiger partial charge in [-0.15, -0.1) is 5.10 Å². The lowest BCUT2D eigenvalue weighted by Crippen LogP contribution is -2.24. The Bertz CT molecular complexity index is 666. The van der Waals surface area contributed by atoms with E-state index in [4.69, 9.17) is 15.6 Å². The normalized spacial score (nSPS) is 27.2. The highest BCUT2D eigenvalue weighted by Gasteiger charge is 2.36. The Morgan fingerprint density at radius 3 is 3.05 bits per heavy atom. The number of aliphatic hydroxyl groups is 2. The second-order valence-electron chi connectivity index (χ2n) is 4.27. The fraction of sp³-hybridized carbons (Fsp3) is 0.556. The lowest BCUT2D eigenvalue weighted by Gasteiger charge is -2.11. The monoisotopic (exact) mass is 268 g/mol. The van der Waals surface area contributed by atoms with Gasteiger partial charge >= 0.3 is 0 Å². The van der Waals surface area contributed by atoms with Gasteiger partial charge in [-0.1, -0.05) is 5.21 Å². The van der Waals surface area contributed by atoms with Gasteiger partial charge in [0.15, 0.2) is 17.4 Å². The van der Waals surface area contributed by atoms with Crippen molar-refractivity contribution in [1.82, 2.24) is 25.0 Å². The number of fused-ring (bicyclic) bond motifs is 1. The van der Waals surface area contributed by atoms with Crippen LogP contribution in [0.1, 0.15) is 12.6 Å². The Hall–Kier alpha value is -2.04. The van der Waals surface area contributed by atoms with Crippen LogP contribution < -0.4 is 11.3 Å². The number of nitrogens with one attached hydrogen (secondary N) is 1. The van der Waals surface area contributed by atoms with Crippen LogP contribution in [0.15, 0.2) is 4.79 Å². The first-order valence-corrected chi connectivity index (χ1v) is 5.65. The standard InChI is InChI=1S/C9H12N6O4/c10-9-11-7-6(8(18)12-9)13-14-15(7)5-1-3(17)4(2-16)19-5/h3-5,16-17H,1-2H2,(H3,10,11,12,18)/t3-,4+,5+/m1/s1. The molecule has 0 saturated carbocycles.